The summed E-state index contributed by atoms with van der Waals surface area (Å²) in [5.74, 6) is -1.55. The monoisotopic (exact) mass is 254 g/mol. The fourth-order valence-electron chi connectivity index (χ4n) is 3.30. The van der Waals surface area contributed by atoms with Crippen LogP contribution in [0.3, 0.4) is 0 Å². The summed E-state index contributed by atoms with van der Waals surface area (Å²) < 4.78 is 39.3. The Hall–Kier alpha value is -0.990. The van der Waals surface area contributed by atoms with Crippen molar-refractivity contribution in [3.63, 3.8) is 0 Å². The summed E-state index contributed by atoms with van der Waals surface area (Å²) in [6.45, 7) is 0. The van der Waals surface area contributed by atoms with Crippen molar-refractivity contribution in [1.82, 2.24) is 0 Å². The van der Waals surface area contributed by atoms with Gasteiger partial charge in [0.05, 0.1) is 0 Å². The predicted octanol–water partition coefficient (Wildman–Crippen LogP) is 4.79. The Labute approximate surface area is 105 Å². The molecule has 3 heteroatoms. The summed E-state index contributed by atoms with van der Waals surface area (Å²) in [6.07, 6.45) is 6.97. The Kier molecular flexibility index (Phi) is 3.08. The van der Waals surface area contributed by atoms with E-state index in [0.29, 0.717) is 5.56 Å². The molecule has 18 heavy (non-hydrogen) atoms. The summed E-state index contributed by atoms with van der Waals surface area (Å²) in [5, 5.41) is 0. The predicted molar refractivity (Wildman–Crippen MR) is 63.7 cm³/mol. The summed E-state index contributed by atoms with van der Waals surface area (Å²) in [6, 6.07) is 2.33. The van der Waals surface area contributed by atoms with Gasteiger partial charge in [0.1, 0.15) is 0 Å². The van der Waals surface area contributed by atoms with E-state index in [2.05, 4.69) is 0 Å². The van der Waals surface area contributed by atoms with Gasteiger partial charge < -0.3 is 0 Å². The lowest BCUT2D eigenvalue weighted by atomic mass is 9.77. The Morgan fingerprint density at radius 2 is 1.17 bits per heavy atom. The van der Waals surface area contributed by atoms with Crippen LogP contribution in [0.5, 0.6) is 0 Å². The molecule has 0 atom stereocenters. The molecule has 0 bridgehead atoms. The Morgan fingerprint density at radius 1 is 0.722 bits per heavy atom. The van der Waals surface area contributed by atoms with Gasteiger partial charge >= 0.3 is 0 Å². The van der Waals surface area contributed by atoms with Crippen molar-refractivity contribution in [2.45, 2.75) is 44.4 Å². The van der Waals surface area contributed by atoms with Crippen molar-refractivity contribution in [1.29, 1.82) is 0 Å². The SMILES string of the molecule is Fc1cc(C2CCC(C3CC3)CC2)cc(F)c1F. The quantitative estimate of drug-likeness (QED) is 0.666. The van der Waals surface area contributed by atoms with Crippen LogP contribution in [-0.2, 0) is 0 Å². The molecule has 2 aliphatic rings. The van der Waals surface area contributed by atoms with E-state index in [1.54, 1.807) is 0 Å². The Morgan fingerprint density at radius 3 is 1.61 bits per heavy atom. The average molecular weight is 254 g/mol. The first-order chi connectivity index (χ1) is 8.65. The van der Waals surface area contributed by atoms with Crippen molar-refractivity contribution in [3.05, 3.63) is 35.1 Å². The minimum Gasteiger partial charge on any atom is -0.204 e. The van der Waals surface area contributed by atoms with Gasteiger partial charge in [-0.1, -0.05) is 0 Å². The smallest absolute Gasteiger partial charge is 0.194 e. The van der Waals surface area contributed by atoms with E-state index >= 15 is 0 Å². The number of halogens is 3. The van der Waals surface area contributed by atoms with E-state index < -0.39 is 17.5 Å². The highest BCUT2D eigenvalue weighted by Crippen LogP contribution is 2.47. The lowest BCUT2D eigenvalue weighted by molar-refractivity contribution is 0.294. The van der Waals surface area contributed by atoms with Crippen LogP contribution < -0.4 is 0 Å². The van der Waals surface area contributed by atoms with Gasteiger partial charge in [-0.3, -0.25) is 0 Å². The third-order valence-electron chi connectivity index (χ3n) is 4.54. The number of hydrogen-bond acceptors (Lipinski definition) is 0. The van der Waals surface area contributed by atoms with Crippen molar-refractivity contribution in [3.8, 4) is 0 Å². The highest BCUT2D eigenvalue weighted by molar-refractivity contribution is 5.23. The molecule has 0 N–H and O–H groups in total. The zero-order chi connectivity index (χ0) is 12.7. The third kappa shape index (κ3) is 2.27. The zero-order valence-electron chi connectivity index (χ0n) is 10.3. The lowest BCUT2D eigenvalue weighted by Gasteiger charge is -2.28. The van der Waals surface area contributed by atoms with Crippen LogP contribution in [0.1, 0.15) is 50.0 Å². The van der Waals surface area contributed by atoms with Crippen LogP contribution in [0.2, 0.25) is 0 Å². The molecule has 0 radical (unpaired) electrons. The lowest BCUT2D eigenvalue weighted by Crippen LogP contribution is -2.15. The molecule has 0 saturated heterocycles. The van der Waals surface area contributed by atoms with E-state index in [4.69, 9.17) is 0 Å². The Bertz CT molecular complexity index is 420. The first kappa shape index (κ1) is 12.1. The molecule has 98 valence electrons. The fourth-order valence-corrected chi connectivity index (χ4v) is 3.30. The molecular weight excluding hydrogens is 237 g/mol. The van der Waals surface area contributed by atoms with Gasteiger partial charge in [-0.25, -0.2) is 13.2 Å². The van der Waals surface area contributed by atoms with Crippen molar-refractivity contribution in [2.24, 2.45) is 11.8 Å². The van der Waals surface area contributed by atoms with Crippen LogP contribution in [0.15, 0.2) is 12.1 Å². The number of hydrogen-bond donors (Lipinski definition) is 0. The van der Waals surface area contributed by atoms with Gasteiger partial charge in [-0.15, -0.1) is 0 Å². The van der Waals surface area contributed by atoms with Crippen LogP contribution in [0.25, 0.3) is 0 Å². The van der Waals surface area contributed by atoms with Crippen LogP contribution >= 0.6 is 0 Å². The van der Waals surface area contributed by atoms with Crippen LogP contribution in [-0.4, -0.2) is 0 Å². The molecule has 1 aromatic carbocycles. The van der Waals surface area contributed by atoms with Gasteiger partial charge in [-0.05, 0) is 74.0 Å². The standard InChI is InChI=1S/C15H17F3/c16-13-7-12(8-14(17)15(13)18)11-5-3-10(4-6-11)9-1-2-9/h7-11H,1-6H2. The second kappa shape index (κ2) is 4.60. The van der Waals surface area contributed by atoms with Gasteiger partial charge in [0.2, 0.25) is 0 Å². The molecule has 0 aliphatic heterocycles. The maximum Gasteiger partial charge on any atom is 0.194 e. The molecule has 0 amide bonds. The topological polar surface area (TPSA) is 0 Å². The molecule has 0 aromatic heterocycles. The van der Waals surface area contributed by atoms with E-state index in [0.717, 1.165) is 37.5 Å². The first-order valence-corrected chi connectivity index (χ1v) is 6.79. The third-order valence-corrected chi connectivity index (χ3v) is 4.54. The van der Waals surface area contributed by atoms with Crippen molar-refractivity contribution in [2.75, 3.05) is 0 Å². The highest BCUT2D eigenvalue weighted by atomic mass is 19.2. The summed E-state index contributed by atoms with van der Waals surface area (Å²) in [5.41, 5.74) is 0.626. The largest absolute Gasteiger partial charge is 0.204 e. The van der Waals surface area contributed by atoms with Crippen molar-refractivity contribution < 1.29 is 13.2 Å². The van der Waals surface area contributed by atoms with Gasteiger partial charge in [0.15, 0.2) is 17.5 Å². The van der Waals surface area contributed by atoms with Crippen molar-refractivity contribution >= 4 is 0 Å². The van der Waals surface area contributed by atoms with Gasteiger partial charge in [0, 0.05) is 0 Å². The van der Waals surface area contributed by atoms with E-state index in [1.165, 1.54) is 25.0 Å². The molecule has 2 fully saturated rings. The van der Waals surface area contributed by atoms with Gasteiger partial charge in [-0.2, -0.15) is 0 Å². The zero-order valence-corrected chi connectivity index (χ0v) is 10.3. The van der Waals surface area contributed by atoms with E-state index in [1.807, 2.05) is 0 Å². The van der Waals surface area contributed by atoms with E-state index in [9.17, 15) is 13.2 Å². The molecule has 0 unspecified atom stereocenters. The molecule has 0 nitrogen and oxygen atoms in total. The highest BCUT2D eigenvalue weighted by Gasteiger charge is 2.34. The molecule has 1 aromatic rings. The summed E-state index contributed by atoms with van der Waals surface area (Å²) in [7, 11) is 0. The van der Waals surface area contributed by atoms with Crippen LogP contribution in [0, 0.1) is 29.3 Å². The van der Waals surface area contributed by atoms with Crippen LogP contribution in [0.4, 0.5) is 13.2 Å². The second-order valence-corrected chi connectivity index (χ2v) is 5.75. The summed E-state index contributed by atoms with van der Waals surface area (Å²) in [4.78, 5) is 0. The fraction of sp³-hybridized carbons (Fsp3) is 0.600. The Balaban J connectivity index is 1.71. The maximum atomic E-state index is 13.2. The molecular formula is C15H17F3. The molecule has 0 spiro atoms. The summed E-state index contributed by atoms with van der Waals surface area (Å²) >= 11 is 0. The minimum absolute atomic E-state index is 0.199. The molecule has 2 aliphatic carbocycles. The number of rotatable bonds is 2. The van der Waals surface area contributed by atoms with Gasteiger partial charge in [0.25, 0.3) is 0 Å². The van der Waals surface area contributed by atoms with E-state index in [-0.39, 0.29) is 5.92 Å². The average Bonchev–Trinajstić information content (AvgIpc) is 3.20. The normalized spacial score (nSPS) is 28.4. The molecule has 3 rings (SSSR count). The number of benzene rings is 1. The maximum absolute atomic E-state index is 13.2. The molecule has 2 saturated carbocycles. The molecule has 0 heterocycles. The second-order valence-electron chi connectivity index (χ2n) is 5.75. The minimum atomic E-state index is -1.36. The first-order valence-electron chi connectivity index (χ1n) is 6.79.